The molecule has 11 N–H and O–H groups in total. The fourth-order valence-corrected chi connectivity index (χ4v) is 6.84. The number of oxime groups is 1. The van der Waals surface area contributed by atoms with Gasteiger partial charge in [-0.2, -0.15) is 0 Å². The molecule has 0 radical (unpaired) electrons. The Hall–Kier alpha value is -4.01. The number of carboxylic acids is 2. The fraction of sp³-hybridized carbons (Fsp3) is 0.381. The molecular formula is C21H26N10O7S3. The molecule has 20 heteroatoms. The van der Waals surface area contributed by atoms with Crippen LogP contribution in [0.1, 0.15) is 12.6 Å². The van der Waals surface area contributed by atoms with Crippen LogP contribution in [-0.2, 0) is 24.0 Å². The van der Waals surface area contributed by atoms with E-state index >= 15 is 0 Å². The second-order valence-corrected chi connectivity index (χ2v) is 11.7. The van der Waals surface area contributed by atoms with E-state index < -0.39 is 53.2 Å². The highest BCUT2D eigenvalue weighted by atomic mass is 32.2. The lowest BCUT2D eigenvalue weighted by atomic mass is 10.0. The first-order chi connectivity index (χ1) is 19.3. The number of nitrogens with two attached hydrogens (primary N) is 4. The molecule has 220 valence electrons. The molecule has 17 nitrogen and oxygen atoms in total. The molecule has 3 aliphatic rings. The topological polar surface area (TPSA) is 278 Å². The Balaban J connectivity index is 1.50. The first-order valence-corrected chi connectivity index (χ1v) is 14.6. The Morgan fingerprint density at radius 2 is 2.02 bits per heavy atom. The number of nitrogens with one attached hydrogen (secondary N) is 1. The largest absolute Gasteiger partial charge is 0.478 e. The third-order valence-corrected chi connectivity index (χ3v) is 9.23. The molecule has 0 spiro atoms. The third kappa shape index (κ3) is 5.89. The van der Waals surface area contributed by atoms with E-state index in [0.717, 1.165) is 16.2 Å². The summed E-state index contributed by atoms with van der Waals surface area (Å²) in [5.74, 6) is -3.66. The zero-order valence-electron chi connectivity index (χ0n) is 21.5. The number of carbonyl (C=O) groups is 4. The number of thioether (sulfide) groups is 2. The van der Waals surface area contributed by atoms with Crippen LogP contribution in [0, 0.1) is 0 Å². The Morgan fingerprint density at radius 1 is 1.32 bits per heavy atom. The Morgan fingerprint density at radius 3 is 2.63 bits per heavy atom. The van der Waals surface area contributed by atoms with Gasteiger partial charge in [-0.05, 0) is 12.5 Å². The minimum atomic E-state index is -1.37. The molecule has 0 bridgehead atoms. The van der Waals surface area contributed by atoms with Crippen LogP contribution in [0.15, 0.2) is 38.3 Å². The number of likely N-dealkylation sites (N-methyl/N-ethyl adjacent to an activating group) is 1. The van der Waals surface area contributed by atoms with Gasteiger partial charge in [-0.25, -0.2) is 19.6 Å². The van der Waals surface area contributed by atoms with E-state index in [1.807, 2.05) is 0 Å². The van der Waals surface area contributed by atoms with Crippen LogP contribution in [0.5, 0.6) is 0 Å². The predicted octanol–water partition coefficient (Wildman–Crippen LogP) is -1.94. The standard InChI is InChI=1S/C21H26N10O7S3/c1-6(18(34)35)38-29-10(8-5-40-20(25)26-8)15(32)27-11-16(33)31-12(19(36)37)7(3-39-17(11)31)4-41-21-28-13(23)9(22)14(24)30(21)2/h5-6,11,14,17H,3-4,22-24H2,1-2H3,(H2,25,26)(H,27,32)(H,34,35)(H,36,37)/b29-10-/t6-,11?,14?,17+/m1/s1. The summed E-state index contributed by atoms with van der Waals surface area (Å²) in [4.78, 5) is 65.4. The van der Waals surface area contributed by atoms with E-state index in [1.54, 1.807) is 11.9 Å². The molecule has 3 aliphatic heterocycles. The summed E-state index contributed by atoms with van der Waals surface area (Å²) in [7, 11) is 1.67. The van der Waals surface area contributed by atoms with Gasteiger partial charge in [-0.3, -0.25) is 14.5 Å². The monoisotopic (exact) mass is 626 g/mol. The fourth-order valence-electron chi connectivity index (χ4n) is 3.79. The maximum Gasteiger partial charge on any atom is 0.352 e. The van der Waals surface area contributed by atoms with E-state index in [-0.39, 0.29) is 39.5 Å². The molecule has 1 saturated heterocycles. The molecule has 1 fully saturated rings. The van der Waals surface area contributed by atoms with Gasteiger partial charge in [0, 0.05) is 23.9 Å². The quantitative estimate of drug-likeness (QED) is 0.0892. The number of nitrogens with zero attached hydrogens (tertiary/aromatic N) is 5. The number of carboxylic acid groups (broad SMARTS) is 2. The number of β-lactam (4-membered cyclic amide) rings is 1. The molecule has 41 heavy (non-hydrogen) atoms. The summed E-state index contributed by atoms with van der Waals surface area (Å²) < 4.78 is 0. The van der Waals surface area contributed by atoms with Crippen molar-refractivity contribution in [2.45, 2.75) is 30.6 Å². The maximum absolute atomic E-state index is 13.1. The molecule has 0 aliphatic carbocycles. The summed E-state index contributed by atoms with van der Waals surface area (Å²) in [5, 5.41) is 26.4. The van der Waals surface area contributed by atoms with E-state index in [2.05, 4.69) is 20.4 Å². The zero-order valence-corrected chi connectivity index (χ0v) is 24.0. The van der Waals surface area contributed by atoms with Crippen LogP contribution in [0.2, 0.25) is 0 Å². The normalized spacial score (nSPS) is 23.5. The number of aromatic nitrogens is 1. The minimum absolute atomic E-state index is 0.0143. The van der Waals surface area contributed by atoms with Crippen LogP contribution < -0.4 is 28.3 Å². The lowest BCUT2D eigenvalue weighted by Crippen LogP contribution is -2.71. The number of thiazole rings is 1. The van der Waals surface area contributed by atoms with Gasteiger partial charge in [0.15, 0.2) is 16.0 Å². The summed E-state index contributed by atoms with van der Waals surface area (Å²) in [5.41, 5.74) is 23.5. The van der Waals surface area contributed by atoms with Crippen molar-refractivity contribution < 1.29 is 34.2 Å². The number of amides is 2. The molecule has 0 saturated carbocycles. The van der Waals surface area contributed by atoms with Gasteiger partial charge in [0.2, 0.25) is 6.10 Å². The van der Waals surface area contributed by atoms with E-state index in [4.69, 9.17) is 32.9 Å². The molecule has 0 aromatic carbocycles. The van der Waals surface area contributed by atoms with Crippen molar-refractivity contribution in [2.75, 3.05) is 24.3 Å². The van der Waals surface area contributed by atoms with Gasteiger partial charge in [0.1, 0.15) is 34.8 Å². The number of aliphatic carboxylic acids is 2. The summed E-state index contributed by atoms with van der Waals surface area (Å²) in [6.45, 7) is 1.22. The van der Waals surface area contributed by atoms with Gasteiger partial charge in [-0.15, -0.1) is 23.1 Å². The van der Waals surface area contributed by atoms with Crippen molar-refractivity contribution >= 4 is 74.6 Å². The highest BCUT2D eigenvalue weighted by molar-refractivity contribution is 8.14. The second kappa shape index (κ2) is 11.8. The van der Waals surface area contributed by atoms with Crippen molar-refractivity contribution in [1.29, 1.82) is 0 Å². The van der Waals surface area contributed by atoms with E-state index in [1.165, 1.54) is 35.8 Å². The van der Waals surface area contributed by atoms with Crippen LogP contribution >= 0.6 is 34.9 Å². The first-order valence-electron chi connectivity index (χ1n) is 11.7. The molecule has 2 amide bonds. The van der Waals surface area contributed by atoms with Crippen molar-refractivity contribution in [3.8, 4) is 0 Å². The number of hydrogen-bond acceptors (Lipinski definition) is 16. The van der Waals surface area contributed by atoms with Crippen molar-refractivity contribution in [3.05, 3.63) is 33.9 Å². The van der Waals surface area contributed by atoms with Crippen LogP contribution in [0.25, 0.3) is 0 Å². The first kappa shape index (κ1) is 30.0. The Labute approximate surface area is 244 Å². The number of anilines is 1. The smallest absolute Gasteiger partial charge is 0.352 e. The van der Waals surface area contributed by atoms with E-state index in [0.29, 0.717) is 10.7 Å². The van der Waals surface area contributed by atoms with Gasteiger partial charge >= 0.3 is 11.9 Å². The highest BCUT2D eigenvalue weighted by Crippen LogP contribution is 2.41. The van der Waals surface area contributed by atoms with Gasteiger partial charge < -0.3 is 48.2 Å². The van der Waals surface area contributed by atoms with Crippen molar-refractivity contribution in [1.82, 2.24) is 20.1 Å². The predicted molar refractivity (Wildman–Crippen MR) is 152 cm³/mol. The van der Waals surface area contributed by atoms with E-state index in [9.17, 15) is 24.3 Å². The molecule has 2 unspecified atom stereocenters. The number of nitrogen functional groups attached to an aromatic ring is 1. The Kier molecular flexibility index (Phi) is 8.66. The van der Waals surface area contributed by atoms with Crippen molar-refractivity contribution in [3.63, 3.8) is 0 Å². The number of amidine groups is 1. The Bertz CT molecular complexity index is 1420. The maximum atomic E-state index is 13.1. The number of hydrogen-bond donors (Lipinski definition) is 7. The minimum Gasteiger partial charge on any atom is -0.478 e. The number of aliphatic imine (C=N–C) groups is 1. The molecular weight excluding hydrogens is 600 g/mol. The highest BCUT2D eigenvalue weighted by Gasteiger charge is 2.54. The lowest BCUT2D eigenvalue weighted by molar-refractivity contribution is -0.150. The van der Waals surface area contributed by atoms with Crippen molar-refractivity contribution in [2.24, 2.45) is 27.3 Å². The lowest BCUT2D eigenvalue weighted by Gasteiger charge is -2.49. The zero-order chi connectivity index (χ0) is 30.2. The molecule has 1 aromatic heterocycles. The number of fused-ring (bicyclic) bond motifs is 1. The number of rotatable bonds is 9. The average Bonchev–Trinajstić information content (AvgIpc) is 3.36. The third-order valence-electron chi connectivity index (χ3n) is 6.09. The van der Waals surface area contributed by atoms with Crippen LogP contribution in [-0.4, -0.2) is 102 Å². The number of carbonyl (C=O) groups excluding carboxylic acids is 2. The van der Waals surface area contributed by atoms with Crippen LogP contribution in [0.3, 0.4) is 0 Å². The molecule has 4 atom stereocenters. The SMILES string of the molecule is C[C@@H](O/N=C(\C(=O)NC1C(=O)N2C(C(=O)O)=C(CSC3=NC(N)=C(N)C(N)N3C)CS[C@@H]12)c1csc(N)n1)C(=O)O. The van der Waals surface area contributed by atoms with Gasteiger partial charge in [0.25, 0.3) is 11.8 Å². The summed E-state index contributed by atoms with van der Waals surface area (Å²) >= 11 is 3.47. The molecule has 1 aromatic rings. The summed E-state index contributed by atoms with van der Waals surface area (Å²) in [6, 6.07) is -1.09. The molecule has 4 rings (SSSR count). The molecule has 4 heterocycles. The van der Waals surface area contributed by atoms with Gasteiger partial charge in [0.05, 0.1) is 5.70 Å². The van der Waals surface area contributed by atoms with Crippen LogP contribution in [0.4, 0.5) is 5.13 Å². The average molecular weight is 627 g/mol. The summed E-state index contributed by atoms with van der Waals surface area (Å²) in [6.07, 6.45) is -2.07. The second-order valence-electron chi connectivity index (χ2n) is 8.79. The van der Waals surface area contributed by atoms with Gasteiger partial charge in [-0.1, -0.05) is 16.9 Å².